The molecule has 0 radical (unpaired) electrons. The van der Waals surface area contributed by atoms with Gasteiger partial charge in [0.2, 0.25) is 0 Å². The van der Waals surface area contributed by atoms with Gasteiger partial charge in [-0.05, 0) is 30.5 Å². The van der Waals surface area contributed by atoms with Crippen LogP contribution in [0.1, 0.15) is 32.2 Å². The minimum absolute atomic E-state index is 0. The molecule has 1 N–H and O–H groups in total. The molecule has 7 heteroatoms. The fourth-order valence-electron chi connectivity index (χ4n) is 2.75. The van der Waals surface area contributed by atoms with Crippen molar-refractivity contribution in [2.24, 2.45) is 10.9 Å². The van der Waals surface area contributed by atoms with Gasteiger partial charge < -0.3 is 19.5 Å². The molecule has 1 aromatic heterocycles. The van der Waals surface area contributed by atoms with Gasteiger partial charge in [0.25, 0.3) is 0 Å². The van der Waals surface area contributed by atoms with Crippen molar-refractivity contribution in [3.05, 3.63) is 48.0 Å². The van der Waals surface area contributed by atoms with Gasteiger partial charge in [0.15, 0.2) is 5.96 Å². The number of nitrogens with one attached hydrogen (secondary N) is 1. The summed E-state index contributed by atoms with van der Waals surface area (Å²) in [6, 6.07) is 8.12. The average Bonchev–Trinajstić information content (AvgIpc) is 3.05. The molecule has 6 nitrogen and oxygen atoms in total. The van der Waals surface area contributed by atoms with Gasteiger partial charge in [-0.2, -0.15) is 0 Å². The van der Waals surface area contributed by atoms with Crippen LogP contribution in [0, 0.1) is 5.92 Å². The van der Waals surface area contributed by atoms with E-state index >= 15 is 0 Å². The summed E-state index contributed by atoms with van der Waals surface area (Å²) in [6.45, 7) is 9.62. The second kappa shape index (κ2) is 11.8. The molecule has 150 valence electrons. The number of rotatable bonds is 8. The first-order chi connectivity index (χ1) is 12.5. The normalized spacial score (nSPS) is 11.3. The van der Waals surface area contributed by atoms with Gasteiger partial charge >= 0.3 is 0 Å². The second-order valence-electron chi connectivity index (χ2n) is 6.76. The highest BCUT2D eigenvalue weighted by atomic mass is 127. The number of methoxy groups -OCH3 is 1. The molecule has 1 heterocycles. The third-order valence-electron chi connectivity index (χ3n) is 4.01. The van der Waals surface area contributed by atoms with E-state index in [0.29, 0.717) is 12.5 Å². The number of hydrogen-bond acceptors (Lipinski definition) is 3. The monoisotopic (exact) mass is 485 g/mol. The Bertz CT molecular complexity index is 697. The van der Waals surface area contributed by atoms with Crippen molar-refractivity contribution in [3.8, 4) is 5.75 Å². The van der Waals surface area contributed by atoms with Gasteiger partial charge in [0.05, 0.1) is 7.11 Å². The minimum atomic E-state index is 0. The summed E-state index contributed by atoms with van der Waals surface area (Å²) < 4.78 is 7.40. The lowest BCUT2D eigenvalue weighted by Gasteiger charge is -2.22. The summed E-state index contributed by atoms with van der Waals surface area (Å²) in [5, 5.41) is 3.36. The Kier molecular flexibility index (Phi) is 10.2. The Morgan fingerprint density at radius 1 is 1.30 bits per heavy atom. The number of halogens is 1. The molecule has 0 atom stereocenters. The lowest BCUT2D eigenvalue weighted by Crippen LogP contribution is -2.38. The van der Waals surface area contributed by atoms with E-state index in [-0.39, 0.29) is 24.0 Å². The number of ether oxygens (including phenoxy) is 1. The summed E-state index contributed by atoms with van der Waals surface area (Å²) in [7, 11) is 3.73. The molecule has 0 aliphatic heterocycles. The molecule has 1 aromatic carbocycles. The van der Waals surface area contributed by atoms with E-state index in [9.17, 15) is 0 Å². The van der Waals surface area contributed by atoms with Gasteiger partial charge in [-0.15, -0.1) is 24.0 Å². The van der Waals surface area contributed by atoms with Crippen LogP contribution in [0.25, 0.3) is 0 Å². The van der Waals surface area contributed by atoms with E-state index in [1.54, 1.807) is 7.11 Å². The highest BCUT2D eigenvalue weighted by Crippen LogP contribution is 2.13. The van der Waals surface area contributed by atoms with Crippen molar-refractivity contribution in [1.82, 2.24) is 19.8 Å². The summed E-state index contributed by atoms with van der Waals surface area (Å²) in [5.41, 5.74) is 1.21. The molecule has 2 rings (SSSR count). The number of aromatic nitrogens is 2. The standard InChI is InChI=1S/C20H31N5O.HI/c1-6-21-20(23-13-19-22-11-12-25(19)14-16(2)3)24(4)15-17-7-9-18(26-5)10-8-17;/h7-12,16H,6,13-15H2,1-5H3,(H,21,23);1H. The van der Waals surface area contributed by atoms with Crippen molar-refractivity contribution < 1.29 is 4.74 Å². The highest BCUT2D eigenvalue weighted by molar-refractivity contribution is 14.0. The van der Waals surface area contributed by atoms with Crippen molar-refractivity contribution in [1.29, 1.82) is 0 Å². The molecule has 2 aromatic rings. The van der Waals surface area contributed by atoms with Crippen LogP contribution in [0.2, 0.25) is 0 Å². The molecule has 0 bridgehead atoms. The Morgan fingerprint density at radius 2 is 2.00 bits per heavy atom. The molecule has 0 amide bonds. The SMILES string of the molecule is CCNC(=NCc1nccn1CC(C)C)N(C)Cc1ccc(OC)cc1.I. The zero-order chi connectivity index (χ0) is 18.9. The van der Waals surface area contributed by atoms with Crippen molar-refractivity contribution in [2.75, 3.05) is 20.7 Å². The minimum Gasteiger partial charge on any atom is -0.497 e. The van der Waals surface area contributed by atoms with Gasteiger partial charge in [-0.1, -0.05) is 26.0 Å². The van der Waals surface area contributed by atoms with Crippen LogP contribution in [0.3, 0.4) is 0 Å². The fourth-order valence-corrected chi connectivity index (χ4v) is 2.75. The summed E-state index contributed by atoms with van der Waals surface area (Å²) in [4.78, 5) is 11.4. The smallest absolute Gasteiger partial charge is 0.194 e. The molecular weight excluding hydrogens is 453 g/mol. The Morgan fingerprint density at radius 3 is 2.59 bits per heavy atom. The Balaban J connectivity index is 0.00000364. The average molecular weight is 485 g/mol. The first-order valence-corrected chi connectivity index (χ1v) is 9.15. The van der Waals surface area contributed by atoms with Crippen LogP contribution >= 0.6 is 24.0 Å². The van der Waals surface area contributed by atoms with E-state index in [4.69, 9.17) is 9.73 Å². The van der Waals surface area contributed by atoms with E-state index in [2.05, 4.69) is 52.7 Å². The number of guanidine groups is 1. The maximum atomic E-state index is 5.22. The van der Waals surface area contributed by atoms with Crippen molar-refractivity contribution >= 4 is 29.9 Å². The zero-order valence-corrected chi connectivity index (χ0v) is 19.3. The first-order valence-electron chi connectivity index (χ1n) is 9.15. The lowest BCUT2D eigenvalue weighted by atomic mass is 10.2. The van der Waals surface area contributed by atoms with Gasteiger partial charge in [0, 0.05) is 39.1 Å². The van der Waals surface area contributed by atoms with Crippen LogP contribution in [0.4, 0.5) is 0 Å². The highest BCUT2D eigenvalue weighted by Gasteiger charge is 2.09. The fraction of sp³-hybridized carbons (Fsp3) is 0.500. The number of imidazole rings is 1. The van der Waals surface area contributed by atoms with E-state index in [1.165, 1.54) is 5.56 Å². The predicted octanol–water partition coefficient (Wildman–Crippen LogP) is 3.76. The van der Waals surface area contributed by atoms with Crippen molar-refractivity contribution in [3.63, 3.8) is 0 Å². The number of aliphatic imine (C=N–C) groups is 1. The topological polar surface area (TPSA) is 54.7 Å². The maximum absolute atomic E-state index is 5.22. The number of nitrogens with zero attached hydrogens (tertiary/aromatic N) is 4. The zero-order valence-electron chi connectivity index (χ0n) is 17.0. The van der Waals surface area contributed by atoms with Crippen LogP contribution in [0.5, 0.6) is 5.75 Å². The van der Waals surface area contributed by atoms with Crippen LogP contribution < -0.4 is 10.1 Å². The summed E-state index contributed by atoms with van der Waals surface area (Å²) >= 11 is 0. The van der Waals surface area contributed by atoms with Crippen LogP contribution in [-0.4, -0.2) is 41.1 Å². The molecule has 0 aliphatic carbocycles. The van der Waals surface area contributed by atoms with Crippen molar-refractivity contribution in [2.45, 2.75) is 40.4 Å². The largest absolute Gasteiger partial charge is 0.497 e. The first kappa shape index (κ1) is 23.3. The maximum Gasteiger partial charge on any atom is 0.194 e. The third-order valence-corrected chi connectivity index (χ3v) is 4.01. The number of benzene rings is 1. The second-order valence-corrected chi connectivity index (χ2v) is 6.76. The van der Waals surface area contributed by atoms with Gasteiger partial charge in [-0.25, -0.2) is 9.98 Å². The predicted molar refractivity (Wildman–Crippen MR) is 122 cm³/mol. The number of hydrogen-bond donors (Lipinski definition) is 1. The summed E-state index contributed by atoms with van der Waals surface area (Å²) in [5.74, 6) is 3.32. The molecular formula is C20H32IN5O. The molecule has 0 saturated carbocycles. The van der Waals surface area contributed by atoms with E-state index < -0.39 is 0 Å². The Labute approximate surface area is 180 Å². The molecule has 27 heavy (non-hydrogen) atoms. The molecule has 0 saturated heterocycles. The molecule has 0 aliphatic rings. The lowest BCUT2D eigenvalue weighted by molar-refractivity contribution is 0.414. The summed E-state index contributed by atoms with van der Waals surface area (Å²) in [6.07, 6.45) is 3.88. The van der Waals surface area contributed by atoms with Crippen LogP contribution in [0.15, 0.2) is 41.7 Å². The quantitative estimate of drug-likeness (QED) is 0.352. The van der Waals surface area contributed by atoms with Gasteiger partial charge in [-0.3, -0.25) is 0 Å². The van der Waals surface area contributed by atoms with E-state index in [1.807, 2.05) is 31.6 Å². The molecule has 0 fully saturated rings. The van der Waals surface area contributed by atoms with Gasteiger partial charge in [0.1, 0.15) is 18.1 Å². The Hall–Kier alpha value is -1.77. The third kappa shape index (κ3) is 7.40. The van der Waals surface area contributed by atoms with Crippen LogP contribution in [-0.2, 0) is 19.6 Å². The molecule has 0 unspecified atom stereocenters. The molecule has 0 spiro atoms. The van der Waals surface area contributed by atoms with E-state index in [0.717, 1.165) is 37.2 Å².